The summed E-state index contributed by atoms with van der Waals surface area (Å²) in [5.41, 5.74) is 3.61. The molecule has 4 aromatic rings. The molecule has 1 heterocycles. The minimum absolute atomic E-state index is 0.0364. The van der Waals surface area contributed by atoms with Gasteiger partial charge in [-0.15, -0.1) is 0 Å². The number of aromatic amines is 1. The van der Waals surface area contributed by atoms with E-state index in [1.807, 2.05) is 54.6 Å². The molecule has 0 fully saturated rings. The van der Waals surface area contributed by atoms with E-state index < -0.39 is 12.0 Å². The van der Waals surface area contributed by atoms with Crippen LogP contribution in [0.3, 0.4) is 0 Å². The second-order valence-electron chi connectivity index (χ2n) is 6.67. The number of benzene rings is 3. The lowest BCUT2D eigenvalue weighted by Gasteiger charge is -2.19. The number of Topliss-reactive ketones (excluding diaryl/α,β-unsaturated/α-hetero) is 1. The Morgan fingerprint density at radius 1 is 0.897 bits per heavy atom. The third-order valence-corrected chi connectivity index (χ3v) is 4.87. The quantitative estimate of drug-likeness (QED) is 0.363. The van der Waals surface area contributed by atoms with E-state index in [1.165, 1.54) is 7.11 Å². The van der Waals surface area contributed by atoms with Gasteiger partial charge in [0.25, 0.3) is 0 Å². The first-order valence-electron chi connectivity index (χ1n) is 9.27. The number of ketones is 1. The third-order valence-electron chi connectivity index (χ3n) is 4.87. The molecule has 0 aliphatic carbocycles. The van der Waals surface area contributed by atoms with E-state index in [4.69, 9.17) is 4.74 Å². The molecule has 5 heteroatoms. The summed E-state index contributed by atoms with van der Waals surface area (Å²) in [5.74, 6) is -0.434. The van der Waals surface area contributed by atoms with E-state index in [2.05, 4.69) is 10.3 Å². The molecule has 5 nitrogen and oxygen atoms in total. The second-order valence-corrected chi connectivity index (χ2v) is 6.67. The van der Waals surface area contributed by atoms with Crippen molar-refractivity contribution >= 4 is 28.3 Å². The molecule has 29 heavy (non-hydrogen) atoms. The van der Waals surface area contributed by atoms with Crippen LogP contribution < -0.4 is 5.32 Å². The summed E-state index contributed by atoms with van der Waals surface area (Å²) in [5, 5.41) is 4.21. The van der Waals surface area contributed by atoms with E-state index >= 15 is 0 Å². The summed E-state index contributed by atoms with van der Waals surface area (Å²) in [6.07, 6.45) is 1.75. The van der Waals surface area contributed by atoms with Crippen LogP contribution in [0.25, 0.3) is 10.9 Å². The van der Waals surface area contributed by atoms with Crippen molar-refractivity contribution in [2.75, 3.05) is 12.4 Å². The van der Waals surface area contributed by atoms with Gasteiger partial charge < -0.3 is 15.0 Å². The van der Waals surface area contributed by atoms with Crippen LogP contribution in [0, 0.1) is 0 Å². The molecular weight excluding hydrogens is 364 g/mol. The van der Waals surface area contributed by atoms with Gasteiger partial charge in [-0.2, -0.15) is 0 Å². The van der Waals surface area contributed by atoms with Crippen molar-refractivity contribution in [3.05, 3.63) is 102 Å². The summed E-state index contributed by atoms with van der Waals surface area (Å²) in [6.45, 7) is 0. The summed E-state index contributed by atoms with van der Waals surface area (Å²) in [6, 6.07) is 23.6. The molecule has 0 aliphatic rings. The first-order valence-corrected chi connectivity index (χ1v) is 9.27. The first-order chi connectivity index (χ1) is 14.2. The van der Waals surface area contributed by atoms with Crippen LogP contribution in [0.1, 0.15) is 32.3 Å². The average molecular weight is 384 g/mol. The van der Waals surface area contributed by atoms with Gasteiger partial charge in [0.2, 0.25) is 0 Å². The van der Waals surface area contributed by atoms with Gasteiger partial charge in [-0.25, -0.2) is 4.79 Å². The molecular formula is C24H20N2O3. The fraction of sp³-hybridized carbons (Fsp3) is 0.0833. The SMILES string of the molecule is COC(=O)c1ccc(N[C@H](C(=O)c2c[nH]c3ccccc23)c2ccccc2)cc1. The molecule has 1 aromatic heterocycles. The van der Waals surface area contributed by atoms with Crippen LogP contribution in [-0.4, -0.2) is 23.8 Å². The minimum atomic E-state index is -0.570. The summed E-state index contributed by atoms with van der Waals surface area (Å²) >= 11 is 0. The van der Waals surface area contributed by atoms with E-state index in [0.717, 1.165) is 22.2 Å². The number of rotatable bonds is 6. The predicted octanol–water partition coefficient (Wildman–Crippen LogP) is 4.99. The van der Waals surface area contributed by atoms with E-state index in [1.54, 1.807) is 30.5 Å². The third kappa shape index (κ3) is 3.75. The van der Waals surface area contributed by atoms with Crippen molar-refractivity contribution in [1.82, 2.24) is 4.98 Å². The predicted molar refractivity (Wildman–Crippen MR) is 113 cm³/mol. The fourth-order valence-electron chi connectivity index (χ4n) is 3.36. The Balaban J connectivity index is 1.69. The standard InChI is InChI=1S/C24H20N2O3/c1-29-24(28)17-11-13-18(14-12-17)26-22(16-7-3-2-4-8-16)23(27)20-15-25-21-10-6-5-9-19(20)21/h2-15,22,25-26H,1H3/t22-/m0/s1. The number of hydrogen-bond acceptors (Lipinski definition) is 4. The first kappa shape index (κ1) is 18.5. The van der Waals surface area contributed by atoms with Crippen LogP contribution in [0.5, 0.6) is 0 Å². The molecule has 0 aliphatic heterocycles. The Labute approximate surface area is 168 Å². The molecule has 4 rings (SSSR count). The lowest BCUT2D eigenvalue weighted by atomic mass is 9.96. The molecule has 0 radical (unpaired) electrons. The average Bonchev–Trinajstić information content (AvgIpc) is 3.22. The van der Waals surface area contributed by atoms with E-state index in [0.29, 0.717) is 11.1 Å². The number of carbonyl (C=O) groups is 2. The van der Waals surface area contributed by atoms with Gasteiger partial charge in [0.05, 0.1) is 12.7 Å². The highest BCUT2D eigenvalue weighted by atomic mass is 16.5. The lowest BCUT2D eigenvalue weighted by Crippen LogP contribution is -2.21. The number of hydrogen-bond donors (Lipinski definition) is 2. The number of anilines is 1. The van der Waals surface area contributed by atoms with Crippen LogP contribution in [0.4, 0.5) is 5.69 Å². The van der Waals surface area contributed by atoms with Crippen molar-refractivity contribution in [3.63, 3.8) is 0 Å². The van der Waals surface area contributed by atoms with Crippen LogP contribution in [0.2, 0.25) is 0 Å². The zero-order chi connectivity index (χ0) is 20.2. The number of esters is 1. The zero-order valence-electron chi connectivity index (χ0n) is 15.9. The van der Waals surface area contributed by atoms with Crippen LogP contribution in [0.15, 0.2) is 85.1 Å². The highest BCUT2D eigenvalue weighted by Crippen LogP contribution is 2.27. The Hall–Kier alpha value is -3.86. The number of carbonyl (C=O) groups excluding carboxylic acids is 2. The van der Waals surface area contributed by atoms with Crippen molar-refractivity contribution in [3.8, 4) is 0 Å². The highest BCUT2D eigenvalue weighted by molar-refractivity contribution is 6.11. The van der Waals surface area contributed by atoms with Crippen molar-refractivity contribution in [1.29, 1.82) is 0 Å². The molecule has 144 valence electrons. The maximum absolute atomic E-state index is 13.5. The van der Waals surface area contributed by atoms with Crippen molar-refractivity contribution < 1.29 is 14.3 Å². The second kappa shape index (κ2) is 8.02. The van der Waals surface area contributed by atoms with E-state index in [9.17, 15) is 9.59 Å². The molecule has 2 N–H and O–H groups in total. The molecule has 1 atom stereocenters. The fourth-order valence-corrected chi connectivity index (χ4v) is 3.36. The zero-order valence-corrected chi connectivity index (χ0v) is 15.9. The van der Waals surface area contributed by atoms with Gasteiger partial charge in [-0.05, 0) is 35.9 Å². The Morgan fingerprint density at radius 2 is 1.59 bits per heavy atom. The Morgan fingerprint density at radius 3 is 2.31 bits per heavy atom. The summed E-state index contributed by atoms with van der Waals surface area (Å²) < 4.78 is 4.74. The molecule has 3 aromatic carbocycles. The van der Waals surface area contributed by atoms with Crippen LogP contribution in [-0.2, 0) is 4.74 Å². The van der Waals surface area contributed by atoms with Gasteiger partial charge >= 0.3 is 5.97 Å². The topological polar surface area (TPSA) is 71.2 Å². The number of aromatic nitrogens is 1. The molecule has 0 spiro atoms. The number of ether oxygens (including phenoxy) is 1. The van der Waals surface area contributed by atoms with Gasteiger partial charge in [0.1, 0.15) is 6.04 Å². The number of nitrogens with one attached hydrogen (secondary N) is 2. The number of para-hydroxylation sites is 1. The molecule has 0 saturated heterocycles. The van der Waals surface area contributed by atoms with Gasteiger partial charge in [0, 0.05) is 28.4 Å². The largest absolute Gasteiger partial charge is 0.465 e. The normalized spacial score (nSPS) is 11.8. The molecule has 0 amide bonds. The highest BCUT2D eigenvalue weighted by Gasteiger charge is 2.24. The summed E-state index contributed by atoms with van der Waals surface area (Å²) in [7, 11) is 1.35. The van der Waals surface area contributed by atoms with Gasteiger partial charge in [-0.1, -0.05) is 48.5 Å². The monoisotopic (exact) mass is 384 g/mol. The Bertz CT molecular complexity index is 1150. The molecule has 0 bridgehead atoms. The Kier molecular flexibility index (Phi) is 5.12. The number of H-pyrrole nitrogens is 1. The van der Waals surface area contributed by atoms with Gasteiger partial charge in [0.15, 0.2) is 5.78 Å². The number of methoxy groups -OCH3 is 1. The lowest BCUT2D eigenvalue weighted by molar-refractivity contribution is 0.0600. The van der Waals surface area contributed by atoms with Crippen LogP contribution >= 0.6 is 0 Å². The molecule has 0 saturated carbocycles. The van der Waals surface area contributed by atoms with Crippen molar-refractivity contribution in [2.24, 2.45) is 0 Å². The molecule has 0 unspecified atom stereocenters. The van der Waals surface area contributed by atoms with Gasteiger partial charge in [-0.3, -0.25) is 4.79 Å². The minimum Gasteiger partial charge on any atom is -0.465 e. The van der Waals surface area contributed by atoms with E-state index in [-0.39, 0.29) is 5.78 Å². The number of fused-ring (bicyclic) bond motifs is 1. The summed E-state index contributed by atoms with van der Waals surface area (Å²) in [4.78, 5) is 28.3. The maximum Gasteiger partial charge on any atom is 0.337 e. The van der Waals surface area contributed by atoms with Crippen molar-refractivity contribution in [2.45, 2.75) is 6.04 Å². The smallest absolute Gasteiger partial charge is 0.337 e. The maximum atomic E-state index is 13.5.